The maximum atomic E-state index is 12.8. The first kappa shape index (κ1) is 16.9. The topological polar surface area (TPSA) is 90.0 Å². The van der Waals surface area contributed by atoms with Gasteiger partial charge in [0.05, 0.1) is 17.1 Å². The van der Waals surface area contributed by atoms with Crippen molar-refractivity contribution < 1.29 is 14.3 Å². The monoisotopic (exact) mass is 342 g/mol. The van der Waals surface area contributed by atoms with Crippen molar-refractivity contribution in [2.45, 2.75) is 12.5 Å². The van der Waals surface area contributed by atoms with Crippen LogP contribution in [0.5, 0.6) is 0 Å². The lowest BCUT2D eigenvalue weighted by molar-refractivity contribution is 0.173. The average molecular weight is 342 g/mol. The molecule has 7 heteroatoms. The van der Waals surface area contributed by atoms with Crippen LogP contribution in [0.3, 0.4) is 0 Å². The Morgan fingerprint density at radius 3 is 2.68 bits per heavy atom. The maximum absolute atomic E-state index is 12.8. The quantitative estimate of drug-likeness (QED) is 0.554. The molecular formula is C18H19FN4O2. The van der Waals surface area contributed by atoms with Gasteiger partial charge in [-0.05, 0) is 29.8 Å². The van der Waals surface area contributed by atoms with Crippen molar-refractivity contribution in [1.29, 1.82) is 0 Å². The zero-order valence-corrected chi connectivity index (χ0v) is 13.5. The number of aromatic amines is 1. The Bertz CT molecular complexity index is 815. The molecule has 0 aliphatic rings. The molecule has 1 aromatic heterocycles. The summed E-state index contributed by atoms with van der Waals surface area (Å²) in [5.74, 6) is 0.431. The number of hydrogen-bond donors (Lipinski definition) is 4. The fraction of sp³-hybridized carbons (Fsp3) is 0.222. The molecular weight excluding hydrogens is 323 g/mol. The number of para-hydroxylation sites is 2. The number of carbonyl (C=O) groups is 1. The SMILES string of the molecule is O=C(NCCc1nc2ccccc2[nH]1)NCC(O)c1ccc(F)cc1. The Morgan fingerprint density at radius 2 is 1.92 bits per heavy atom. The third-order valence-electron chi connectivity index (χ3n) is 3.80. The van der Waals surface area contributed by atoms with Crippen molar-refractivity contribution in [3.8, 4) is 0 Å². The highest BCUT2D eigenvalue weighted by Crippen LogP contribution is 2.12. The molecule has 0 aliphatic heterocycles. The van der Waals surface area contributed by atoms with E-state index in [0.717, 1.165) is 16.9 Å². The molecule has 0 spiro atoms. The highest BCUT2D eigenvalue weighted by molar-refractivity contribution is 5.75. The number of H-pyrrole nitrogens is 1. The van der Waals surface area contributed by atoms with E-state index in [1.165, 1.54) is 24.3 Å². The van der Waals surface area contributed by atoms with Gasteiger partial charge >= 0.3 is 6.03 Å². The van der Waals surface area contributed by atoms with Crippen LogP contribution in [0.15, 0.2) is 48.5 Å². The minimum Gasteiger partial charge on any atom is -0.387 e. The Morgan fingerprint density at radius 1 is 1.16 bits per heavy atom. The molecule has 0 saturated carbocycles. The molecule has 2 aromatic carbocycles. The number of aliphatic hydroxyl groups excluding tert-OH is 1. The number of fused-ring (bicyclic) bond motifs is 1. The molecule has 0 fully saturated rings. The van der Waals surface area contributed by atoms with Gasteiger partial charge in [0, 0.05) is 19.5 Å². The van der Waals surface area contributed by atoms with Crippen LogP contribution in [-0.2, 0) is 6.42 Å². The molecule has 4 N–H and O–H groups in total. The summed E-state index contributed by atoms with van der Waals surface area (Å²) >= 11 is 0. The van der Waals surface area contributed by atoms with Gasteiger partial charge in [0.15, 0.2) is 0 Å². The largest absolute Gasteiger partial charge is 0.387 e. The fourth-order valence-electron chi connectivity index (χ4n) is 2.47. The van der Waals surface area contributed by atoms with Crippen molar-refractivity contribution >= 4 is 17.1 Å². The van der Waals surface area contributed by atoms with E-state index in [2.05, 4.69) is 20.6 Å². The first-order valence-electron chi connectivity index (χ1n) is 8.00. The lowest BCUT2D eigenvalue weighted by atomic mass is 10.1. The first-order chi connectivity index (χ1) is 12.1. The minimum atomic E-state index is -0.887. The molecule has 1 unspecified atom stereocenters. The number of halogens is 1. The summed E-state index contributed by atoms with van der Waals surface area (Å²) in [6.07, 6.45) is -0.315. The van der Waals surface area contributed by atoms with E-state index in [4.69, 9.17) is 0 Å². The van der Waals surface area contributed by atoms with Gasteiger partial charge in [0.25, 0.3) is 0 Å². The van der Waals surface area contributed by atoms with Crippen LogP contribution in [0.1, 0.15) is 17.5 Å². The molecule has 0 radical (unpaired) electrons. The van der Waals surface area contributed by atoms with Gasteiger partial charge in [-0.2, -0.15) is 0 Å². The molecule has 25 heavy (non-hydrogen) atoms. The van der Waals surface area contributed by atoms with Gasteiger partial charge < -0.3 is 20.7 Å². The second kappa shape index (κ2) is 7.76. The van der Waals surface area contributed by atoms with Crippen molar-refractivity contribution in [3.63, 3.8) is 0 Å². The summed E-state index contributed by atoms with van der Waals surface area (Å²) in [4.78, 5) is 19.4. The Kier molecular flexibility index (Phi) is 5.25. The summed E-state index contributed by atoms with van der Waals surface area (Å²) in [7, 11) is 0. The first-order valence-corrected chi connectivity index (χ1v) is 8.00. The number of rotatable bonds is 6. The standard InChI is InChI=1S/C18H19FN4O2/c19-13-7-5-12(6-8-13)16(24)11-21-18(25)20-10-9-17-22-14-3-1-2-4-15(14)23-17/h1-8,16,24H,9-11H2,(H,22,23)(H2,20,21,25). The fourth-order valence-corrected chi connectivity index (χ4v) is 2.47. The molecule has 3 aromatic rings. The summed E-state index contributed by atoms with van der Waals surface area (Å²) in [6, 6.07) is 12.9. The van der Waals surface area contributed by atoms with Crippen LogP contribution < -0.4 is 10.6 Å². The Balaban J connectivity index is 1.41. The number of nitrogens with zero attached hydrogens (tertiary/aromatic N) is 1. The van der Waals surface area contributed by atoms with Crippen LogP contribution in [0.2, 0.25) is 0 Å². The third kappa shape index (κ3) is 4.54. The van der Waals surface area contributed by atoms with Gasteiger partial charge in [-0.25, -0.2) is 14.2 Å². The number of hydrogen-bond acceptors (Lipinski definition) is 3. The number of aliphatic hydroxyl groups is 1. The van der Waals surface area contributed by atoms with E-state index in [0.29, 0.717) is 18.5 Å². The predicted molar refractivity (Wildman–Crippen MR) is 92.6 cm³/mol. The molecule has 6 nitrogen and oxygen atoms in total. The predicted octanol–water partition coefficient (Wildman–Crippen LogP) is 2.28. The highest BCUT2D eigenvalue weighted by atomic mass is 19.1. The second-order valence-electron chi connectivity index (χ2n) is 5.65. The lowest BCUT2D eigenvalue weighted by Crippen LogP contribution is -2.38. The van der Waals surface area contributed by atoms with Crippen LogP contribution in [-0.4, -0.2) is 34.2 Å². The number of amides is 2. The number of imidazole rings is 1. The van der Waals surface area contributed by atoms with E-state index >= 15 is 0 Å². The van der Waals surface area contributed by atoms with E-state index in [-0.39, 0.29) is 18.4 Å². The van der Waals surface area contributed by atoms with E-state index in [1.54, 1.807) is 0 Å². The van der Waals surface area contributed by atoms with Gasteiger partial charge in [-0.3, -0.25) is 0 Å². The molecule has 0 bridgehead atoms. The molecule has 1 atom stereocenters. The molecule has 3 rings (SSSR count). The lowest BCUT2D eigenvalue weighted by Gasteiger charge is -2.12. The van der Waals surface area contributed by atoms with Crippen LogP contribution in [0.25, 0.3) is 11.0 Å². The highest BCUT2D eigenvalue weighted by Gasteiger charge is 2.09. The maximum Gasteiger partial charge on any atom is 0.314 e. The summed E-state index contributed by atoms with van der Waals surface area (Å²) < 4.78 is 12.8. The number of nitrogens with one attached hydrogen (secondary N) is 3. The summed E-state index contributed by atoms with van der Waals surface area (Å²) in [6.45, 7) is 0.459. The molecule has 1 heterocycles. The zero-order valence-electron chi connectivity index (χ0n) is 13.5. The smallest absolute Gasteiger partial charge is 0.314 e. The summed E-state index contributed by atoms with van der Waals surface area (Å²) in [5, 5.41) is 15.3. The number of benzene rings is 2. The number of carbonyl (C=O) groups excluding carboxylic acids is 1. The van der Waals surface area contributed by atoms with E-state index in [1.807, 2.05) is 24.3 Å². The van der Waals surface area contributed by atoms with Crippen molar-refractivity contribution in [3.05, 3.63) is 65.7 Å². The third-order valence-corrected chi connectivity index (χ3v) is 3.80. The molecule has 0 saturated heterocycles. The molecule has 130 valence electrons. The summed E-state index contributed by atoms with van der Waals surface area (Å²) in [5.41, 5.74) is 2.40. The Hall–Kier alpha value is -2.93. The normalized spacial score (nSPS) is 12.1. The van der Waals surface area contributed by atoms with E-state index in [9.17, 15) is 14.3 Å². The number of urea groups is 1. The van der Waals surface area contributed by atoms with Gasteiger partial charge in [0.2, 0.25) is 0 Å². The zero-order chi connectivity index (χ0) is 17.6. The Labute approximate surface area is 144 Å². The van der Waals surface area contributed by atoms with Crippen LogP contribution in [0, 0.1) is 5.82 Å². The van der Waals surface area contributed by atoms with Gasteiger partial charge in [-0.15, -0.1) is 0 Å². The van der Waals surface area contributed by atoms with Crippen molar-refractivity contribution in [1.82, 2.24) is 20.6 Å². The second-order valence-corrected chi connectivity index (χ2v) is 5.65. The molecule has 0 aliphatic carbocycles. The van der Waals surface area contributed by atoms with Gasteiger partial charge in [-0.1, -0.05) is 24.3 Å². The van der Waals surface area contributed by atoms with Gasteiger partial charge in [0.1, 0.15) is 11.6 Å². The van der Waals surface area contributed by atoms with Crippen molar-refractivity contribution in [2.75, 3.05) is 13.1 Å². The minimum absolute atomic E-state index is 0.0438. The van der Waals surface area contributed by atoms with E-state index < -0.39 is 6.10 Å². The number of aromatic nitrogens is 2. The van der Waals surface area contributed by atoms with Crippen LogP contribution >= 0.6 is 0 Å². The average Bonchev–Trinajstić information content (AvgIpc) is 3.03. The molecule has 2 amide bonds. The van der Waals surface area contributed by atoms with Crippen LogP contribution in [0.4, 0.5) is 9.18 Å². The van der Waals surface area contributed by atoms with Crippen molar-refractivity contribution in [2.24, 2.45) is 0 Å².